The molecule has 4 N–H and O–H groups in total. The molecule has 1 aliphatic carbocycles. The van der Waals surface area contributed by atoms with Crippen LogP contribution in [0.1, 0.15) is 12.5 Å². The van der Waals surface area contributed by atoms with Crippen molar-refractivity contribution in [3.63, 3.8) is 0 Å². The first kappa shape index (κ1) is 10.1. The van der Waals surface area contributed by atoms with Gasteiger partial charge in [-0.3, -0.25) is 4.57 Å². The Bertz CT molecular complexity index is 417. The fraction of sp³-hybridized carbons (Fsp3) is 0.556. The first-order valence-corrected chi connectivity index (χ1v) is 4.77. The number of nitrogen functional groups attached to an aromatic ring is 1. The van der Waals surface area contributed by atoms with E-state index in [1.165, 1.54) is 16.8 Å². The lowest BCUT2D eigenvalue weighted by atomic mass is 9.77. The average Bonchev–Trinajstić information content (AvgIpc) is 2.20. The quantitative estimate of drug-likeness (QED) is 0.566. The minimum atomic E-state index is -0.682. The number of hydrogen-bond donors (Lipinski definition) is 3. The van der Waals surface area contributed by atoms with Crippen LogP contribution < -0.4 is 11.4 Å². The van der Waals surface area contributed by atoms with Crippen LogP contribution in [0.3, 0.4) is 0 Å². The highest BCUT2D eigenvalue weighted by molar-refractivity contribution is 5.23. The van der Waals surface area contributed by atoms with Crippen molar-refractivity contribution in [3.8, 4) is 0 Å². The Hall–Kier alpha value is -1.40. The van der Waals surface area contributed by atoms with Gasteiger partial charge in [-0.15, -0.1) is 0 Å². The molecule has 0 amide bonds. The Balaban J connectivity index is 2.22. The molecular formula is C9H13N3O3. The molecule has 0 spiro atoms. The Morgan fingerprint density at radius 2 is 2.40 bits per heavy atom. The number of rotatable bonds is 2. The lowest BCUT2D eigenvalue weighted by Gasteiger charge is -2.40. The maximum atomic E-state index is 11.4. The van der Waals surface area contributed by atoms with E-state index in [4.69, 9.17) is 10.8 Å². The largest absolute Gasteiger partial charge is 0.396 e. The Morgan fingerprint density at radius 3 is 2.93 bits per heavy atom. The molecule has 0 aromatic carbocycles. The second-order valence-corrected chi connectivity index (χ2v) is 3.78. The van der Waals surface area contributed by atoms with Gasteiger partial charge in [0.1, 0.15) is 5.82 Å². The molecule has 1 fully saturated rings. The molecule has 0 radical (unpaired) electrons. The highest BCUT2D eigenvalue weighted by Gasteiger charge is 2.40. The van der Waals surface area contributed by atoms with Crippen LogP contribution in [0.4, 0.5) is 5.82 Å². The molecule has 6 nitrogen and oxygen atoms in total. The molecule has 2 rings (SSSR count). The third-order valence-corrected chi connectivity index (χ3v) is 2.86. The molecular weight excluding hydrogens is 198 g/mol. The highest BCUT2D eigenvalue weighted by Crippen LogP contribution is 2.36. The van der Waals surface area contributed by atoms with Crippen molar-refractivity contribution in [1.82, 2.24) is 9.55 Å². The number of aliphatic hydroxyl groups is 2. The number of nitrogens with zero attached hydrogens (tertiary/aromatic N) is 2. The molecule has 15 heavy (non-hydrogen) atoms. The minimum absolute atomic E-state index is 0.0607. The maximum absolute atomic E-state index is 11.4. The maximum Gasteiger partial charge on any atom is 0.349 e. The van der Waals surface area contributed by atoms with E-state index >= 15 is 0 Å². The number of hydrogen-bond acceptors (Lipinski definition) is 5. The van der Waals surface area contributed by atoms with Crippen molar-refractivity contribution in [1.29, 1.82) is 0 Å². The summed E-state index contributed by atoms with van der Waals surface area (Å²) in [5.74, 6) is 0.0308. The van der Waals surface area contributed by atoms with Crippen LogP contribution in [0.25, 0.3) is 0 Å². The van der Waals surface area contributed by atoms with Gasteiger partial charge in [-0.05, 0) is 12.5 Å². The number of nitrogens with two attached hydrogens (primary N) is 1. The summed E-state index contributed by atoms with van der Waals surface area (Å²) in [6, 6.07) is 1.23. The molecule has 3 unspecified atom stereocenters. The van der Waals surface area contributed by atoms with Crippen molar-refractivity contribution in [2.24, 2.45) is 5.92 Å². The molecule has 1 saturated carbocycles. The molecule has 0 saturated heterocycles. The predicted octanol–water partition coefficient (Wildman–Crippen LogP) is -1.26. The van der Waals surface area contributed by atoms with E-state index in [-0.39, 0.29) is 24.4 Å². The Kier molecular flexibility index (Phi) is 2.45. The summed E-state index contributed by atoms with van der Waals surface area (Å²) in [5.41, 5.74) is 4.89. The number of aromatic nitrogens is 2. The monoisotopic (exact) mass is 211 g/mol. The zero-order valence-electron chi connectivity index (χ0n) is 8.08. The van der Waals surface area contributed by atoms with Gasteiger partial charge in [-0.1, -0.05) is 0 Å². The molecule has 6 heteroatoms. The first-order chi connectivity index (χ1) is 7.13. The van der Waals surface area contributed by atoms with Gasteiger partial charge in [-0.25, -0.2) is 4.79 Å². The highest BCUT2D eigenvalue weighted by atomic mass is 16.3. The molecule has 82 valence electrons. The second kappa shape index (κ2) is 3.63. The van der Waals surface area contributed by atoms with E-state index in [2.05, 4.69) is 4.98 Å². The van der Waals surface area contributed by atoms with Crippen LogP contribution in [0, 0.1) is 5.92 Å². The van der Waals surface area contributed by atoms with Crippen LogP contribution >= 0.6 is 0 Å². The summed E-state index contributed by atoms with van der Waals surface area (Å²) < 4.78 is 1.35. The van der Waals surface area contributed by atoms with Crippen molar-refractivity contribution in [2.45, 2.75) is 18.6 Å². The summed E-state index contributed by atoms with van der Waals surface area (Å²) in [4.78, 5) is 15.0. The average molecular weight is 211 g/mol. The fourth-order valence-electron chi connectivity index (χ4n) is 1.85. The van der Waals surface area contributed by atoms with Crippen LogP contribution in [-0.4, -0.2) is 32.5 Å². The van der Waals surface area contributed by atoms with Gasteiger partial charge in [0.15, 0.2) is 0 Å². The number of anilines is 1. The lowest BCUT2D eigenvalue weighted by molar-refractivity contribution is -0.0579. The van der Waals surface area contributed by atoms with E-state index in [1.54, 1.807) is 0 Å². The fourth-order valence-corrected chi connectivity index (χ4v) is 1.85. The van der Waals surface area contributed by atoms with Gasteiger partial charge in [0, 0.05) is 18.7 Å². The molecule has 1 aliphatic rings. The van der Waals surface area contributed by atoms with Gasteiger partial charge in [0.2, 0.25) is 0 Å². The van der Waals surface area contributed by atoms with E-state index in [0.29, 0.717) is 6.42 Å². The zero-order valence-corrected chi connectivity index (χ0v) is 8.08. The minimum Gasteiger partial charge on any atom is -0.396 e. The van der Waals surface area contributed by atoms with Crippen molar-refractivity contribution in [2.75, 3.05) is 12.3 Å². The summed E-state index contributed by atoms with van der Waals surface area (Å²) >= 11 is 0. The van der Waals surface area contributed by atoms with Crippen LogP contribution in [-0.2, 0) is 0 Å². The third-order valence-electron chi connectivity index (χ3n) is 2.86. The third kappa shape index (κ3) is 1.62. The van der Waals surface area contributed by atoms with E-state index in [1.807, 2.05) is 0 Å². The SMILES string of the molecule is Nc1ccn(C2CC(CO)C2O)c(=O)n1. The molecule has 1 aromatic rings. The smallest absolute Gasteiger partial charge is 0.349 e. The first-order valence-electron chi connectivity index (χ1n) is 4.77. The molecule has 3 atom stereocenters. The van der Waals surface area contributed by atoms with Crippen LogP contribution in [0.15, 0.2) is 17.1 Å². The topological polar surface area (TPSA) is 101 Å². The Morgan fingerprint density at radius 1 is 1.67 bits per heavy atom. The van der Waals surface area contributed by atoms with E-state index in [9.17, 15) is 9.90 Å². The lowest BCUT2D eigenvalue weighted by Crippen LogP contribution is -2.48. The number of aliphatic hydroxyl groups excluding tert-OH is 2. The normalized spacial score (nSPS) is 29.9. The molecule has 1 heterocycles. The summed E-state index contributed by atoms with van der Waals surface area (Å²) in [6.07, 6.45) is 1.42. The van der Waals surface area contributed by atoms with Crippen molar-refractivity contribution in [3.05, 3.63) is 22.7 Å². The Labute approximate surface area is 86.0 Å². The summed E-state index contributed by atoms with van der Waals surface area (Å²) in [5, 5.41) is 18.5. The van der Waals surface area contributed by atoms with Gasteiger partial charge >= 0.3 is 5.69 Å². The van der Waals surface area contributed by atoms with Crippen molar-refractivity contribution < 1.29 is 10.2 Å². The van der Waals surface area contributed by atoms with Gasteiger partial charge in [-0.2, -0.15) is 4.98 Å². The van der Waals surface area contributed by atoms with E-state index in [0.717, 1.165) is 0 Å². The van der Waals surface area contributed by atoms with Crippen molar-refractivity contribution >= 4 is 5.82 Å². The molecule has 0 aliphatic heterocycles. The predicted molar refractivity (Wildman–Crippen MR) is 53.1 cm³/mol. The van der Waals surface area contributed by atoms with Gasteiger partial charge < -0.3 is 15.9 Å². The zero-order chi connectivity index (χ0) is 11.0. The van der Waals surface area contributed by atoms with Crippen LogP contribution in [0.2, 0.25) is 0 Å². The standard InChI is InChI=1S/C9H13N3O3/c10-7-1-2-12(9(15)11-7)6-3-5(4-13)8(6)14/h1-2,5-6,8,13-14H,3-4H2,(H2,10,11,15). The van der Waals surface area contributed by atoms with Gasteiger partial charge in [0.25, 0.3) is 0 Å². The molecule has 1 aromatic heterocycles. The van der Waals surface area contributed by atoms with Crippen LogP contribution in [0.5, 0.6) is 0 Å². The summed E-state index contributed by atoms with van der Waals surface area (Å²) in [6.45, 7) is -0.0607. The van der Waals surface area contributed by atoms with E-state index < -0.39 is 11.8 Å². The molecule has 0 bridgehead atoms. The van der Waals surface area contributed by atoms with Gasteiger partial charge in [0.05, 0.1) is 12.1 Å². The second-order valence-electron chi connectivity index (χ2n) is 3.78. The summed E-state index contributed by atoms with van der Waals surface area (Å²) in [7, 11) is 0.